The van der Waals surface area contributed by atoms with Crippen molar-refractivity contribution in [1.82, 2.24) is 5.32 Å². The Kier molecular flexibility index (Phi) is 6.76. The van der Waals surface area contributed by atoms with Crippen molar-refractivity contribution < 1.29 is 9.47 Å². The second-order valence-electron chi connectivity index (χ2n) is 4.83. The van der Waals surface area contributed by atoms with Gasteiger partial charge in [0.25, 0.3) is 0 Å². The van der Waals surface area contributed by atoms with Crippen LogP contribution in [0.25, 0.3) is 0 Å². The predicted octanol–water partition coefficient (Wildman–Crippen LogP) is 2.81. The maximum atomic E-state index is 5.63. The Morgan fingerprint density at radius 2 is 1.78 bits per heavy atom. The molecule has 1 rings (SSSR count). The molecular formula is C15H25NO2. The van der Waals surface area contributed by atoms with Crippen LogP contribution < -0.4 is 10.1 Å². The highest BCUT2D eigenvalue weighted by atomic mass is 16.5. The molecule has 0 amide bonds. The van der Waals surface area contributed by atoms with Crippen LogP contribution in [0.4, 0.5) is 0 Å². The van der Waals surface area contributed by atoms with E-state index in [-0.39, 0.29) is 6.10 Å². The summed E-state index contributed by atoms with van der Waals surface area (Å²) >= 11 is 0. The maximum Gasteiger partial charge on any atom is 0.119 e. The first-order valence-corrected chi connectivity index (χ1v) is 6.59. The van der Waals surface area contributed by atoms with E-state index in [2.05, 4.69) is 24.4 Å². The van der Waals surface area contributed by atoms with E-state index in [1.807, 2.05) is 26.0 Å². The van der Waals surface area contributed by atoms with Crippen LogP contribution in [0.3, 0.4) is 0 Å². The summed E-state index contributed by atoms with van der Waals surface area (Å²) in [6, 6.07) is 8.36. The molecule has 0 aliphatic carbocycles. The van der Waals surface area contributed by atoms with Crippen LogP contribution in [0.2, 0.25) is 0 Å². The molecule has 0 saturated carbocycles. The van der Waals surface area contributed by atoms with Gasteiger partial charge in [0.1, 0.15) is 5.75 Å². The SMILES string of the molecule is COCCNCC(C)c1ccc(OC(C)C)cc1. The van der Waals surface area contributed by atoms with E-state index in [4.69, 9.17) is 9.47 Å². The Hall–Kier alpha value is -1.06. The quantitative estimate of drug-likeness (QED) is 0.721. The van der Waals surface area contributed by atoms with Crippen LogP contribution in [0.5, 0.6) is 5.75 Å². The first-order valence-electron chi connectivity index (χ1n) is 6.59. The summed E-state index contributed by atoms with van der Waals surface area (Å²) < 4.78 is 10.6. The van der Waals surface area contributed by atoms with Crippen molar-refractivity contribution in [3.63, 3.8) is 0 Å². The van der Waals surface area contributed by atoms with Crippen LogP contribution in [-0.2, 0) is 4.74 Å². The molecule has 1 aromatic carbocycles. The van der Waals surface area contributed by atoms with Gasteiger partial charge in [0, 0.05) is 20.2 Å². The number of hydrogen-bond acceptors (Lipinski definition) is 3. The Bertz CT molecular complexity index is 322. The summed E-state index contributed by atoms with van der Waals surface area (Å²) in [4.78, 5) is 0. The molecule has 0 spiro atoms. The number of ether oxygens (including phenoxy) is 2. The van der Waals surface area contributed by atoms with E-state index in [1.54, 1.807) is 7.11 Å². The topological polar surface area (TPSA) is 30.5 Å². The van der Waals surface area contributed by atoms with Crippen molar-refractivity contribution in [1.29, 1.82) is 0 Å². The average Bonchev–Trinajstić information content (AvgIpc) is 2.34. The van der Waals surface area contributed by atoms with E-state index in [9.17, 15) is 0 Å². The molecule has 0 aromatic heterocycles. The minimum Gasteiger partial charge on any atom is -0.491 e. The van der Waals surface area contributed by atoms with Gasteiger partial charge in [-0.1, -0.05) is 19.1 Å². The summed E-state index contributed by atoms with van der Waals surface area (Å²) in [6.07, 6.45) is 0.226. The Balaban J connectivity index is 2.41. The van der Waals surface area contributed by atoms with Crippen molar-refractivity contribution in [2.75, 3.05) is 26.8 Å². The van der Waals surface area contributed by atoms with Gasteiger partial charge in [-0.3, -0.25) is 0 Å². The average molecular weight is 251 g/mol. The minimum absolute atomic E-state index is 0.226. The molecule has 1 aromatic rings. The van der Waals surface area contributed by atoms with E-state index >= 15 is 0 Å². The molecule has 0 radical (unpaired) electrons. The van der Waals surface area contributed by atoms with Gasteiger partial charge >= 0.3 is 0 Å². The third kappa shape index (κ3) is 5.52. The number of rotatable bonds is 8. The molecule has 0 saturated heterocycles. The molecule has 0 bridgehead atoms. The third-order valence-electron chi connectivity index (χ3n) is 2.75. The summed E-state index contributed by atoms with van der Waals surface area (Å²) in [5.74, 6) is 1.43. The first-order chi connectivity index (χ1) is 8.63. The Labute approximate surface area is 110 Å². The predicted molar refractivity (Wildman–Crippen MR) is 75.4 cm³/mol. The number of nitrogens with one attached hydrogen (secondary N) is 1. The molecule has 0 fully saturated rings. The summed E-state index contributed by atoms with van der Waals surface area (Å²) in [5, 5.41) is 3.38. The maximum absolute atomic E-state index is 5.63. The summed E-state index contributed by atoms with van der Waals surface area (Å²) in [7, 11) is 1.72. The van der Waals surface area contributed by atoms with Crippen LogP contribution in [0, 0.1) is 0 Å². The van der Waals surface area contributed by atoms with Gasteiger partial charge in [-0.05, 0) is 37.5 Å². The van der Waals surface area contributed by atoms with Gasteiger partial charge in [0.05, 0.1) is 12.7 Å². The van der Waals surface area contributed by atoms with E-state index in [0.717, 1.165) is 25.4 Å². The fourth-order valence-corrected chi connectivity index (χ4v) is 1.76. The van der Waals surface area contributed by atoms with Crippen molar-refractivity contribution in [3.05, 3.63) is 29.8 Å². The highest BCUT2D eigenvalue weighted by molar-refractivity contribution is 5.29. The van der Waals surface area contributed by atoms with Crippen LogP contribution >= 0.6 is 0 Å². The largest absolute Gasteiger partial charge is 0.491 e. The Morgan fingerprint density at radius 1 is 1.11 bits per heavy atom. The fraction of sp³-hybridized carbons (Fsp3) is 0.600. The zero-order chi connectivity index (χ0) is 13.4. The molecule has 0 aliphatic rings. The lowest BCUT2D eigenvalue weighted by atomic mass is 10.0. The monoisotopic (exact) mass is 251 g/mol. The molecular weight excluding hydrogens is 226 g/mol. The van der Waals surface area contributed by atoms with E-state index < -0.39 is 0 Å². The molecule has 102 valence electrons. The standard InChI is InChI=1S/C15H25NO2/c1-12(2)18-15-7-5-14(6-8-15)13(3)11-16-9-10-17-4/h5-8,12-13,16H,9-11H2,1-4H3. The van der Waals surface area contributed by atoms with Crippen molar-refractivity contribution >= 4 is 0 Å². The van der Waals surface area contributed by atoms with E-state index in [0.29, 0.717) is 5.92 Å². The number of benzene rings is 1. The summed E-state index contributed by atoms with van der Waals surface area (Å²) in [6.45, 7) is 8.92. The van der Waals surface area contributed by atoms with Crippen molar-refractivity contribution in [2.45, 2.75) is 32.8 Å². The molecule has 3 nitrogen and oxygen atoms in total. The summed E-state index contributed by atoms with van der Waals surface area (Å²) in [5.41, 5.74) is 1.33. The lowest BCUT2D eigenvalue weighted by Crippen LogP contribution is -2.23. The molecule has 3 heteroatoms. The second-order valence-corrected chi connectivity index (χ2v) is 4.83. The van der Waals surface area contributed by atoms with Crippen molar-refractivity contribution in [2.24, 2.45) is 0 Å². The van der Waals surface area contributed by atoms with Gasteiger partial charge < -0.3 is 14.8 Å². The van der Waals surface area contributed by atoms with Gasteiger partial charge in [-0.2, -0.15) is 0 Å². The van der Waals surface area contributed by atoms with Gasteiger partial charge in [0.2, 0.25) is 0 Å². The third-order valence-corrected chi connectivity index (χ3v) is 2.75. The smallest absolute Gasteiger partial charge is 0.119 e. The van der Waals surface area contributed by atoms with Crippen molar-refractivity contribution in [3.8, 4) is 5.75 Å². The number of methoxy groups -OCH3 is 1. The highest BCUT2D eigenvalue weighted by Gasteiger charge is 2.05. The molecule has 18 heavy (non-hydrogen) atoms. The van der Waals surface area contributed by atoms with Crippen LogP contribution in [-0.4, -0.2) is 32.9 Å². The first kappa shape index (κ1) is 15.0. The lowest BCUT2D eigenvalue weighted by molar-refractivity contribution is 0.199. The fourth-order valence-electron chi connectivity index (χ4n) is 1.76. The second kappa shape index (κ2) is 8.11. The number of hydrogen-bond donors (Lipinski definition) is 1. The minimum atomic E-state index is 0.226. The van der Waals surface area contributed by atoms with Crippen LogP contribution in [0.1, 0.15) is 32.3 Å². The molecule has 0 heterocycles. The molecule has 1 N–H and O–H groups in total. The van der Waals surface area contributed by atoms with Crippen LogP contribution in [0.15, 0.2) is 24.3 Å². The molecule has 1 atom stereocenters. The van der Waals surface area contributed by atoms with Gasteiger partial charge in [0.15, 0.2) is 0 Å². The molecule has 1 unspecified atom stereocenters. The van der Waals surface area contributed by atoms with Gasteiger partial charge in [-0.25, -0.2) is 0 Å². The van der Waals surface area contributed by atoms with Gasteiger partial charge in [-0.15, -0.1) is 0 Å². The highest BCUT2D eigenvalue weighted by Crippen LogP contribution is 2.19. The Morgan fingerprint density at radius 3 is 2.33 bits per heavy atom. The normalized spacial score (nSPS) is 12.7. The zero-order valence-corrected chi connectivity index (χ0v) is 11.9. The van der Waals surface area contributed by atoms with E-state index in [1.165, 1.54) is 5.56 Å². The lowest BCUT2D eigenvalue weighted by Gasteiger charge is -2.14. The molecule has 0 aliphatic heterocycles. The zero-order valence-electron chi connectivity index (χ0n) is 11.9.